The molecule has 2 aromatic rings. The van der Waals surface area contributed by atoms with E-state index in [-0.39, 0.29) is 4.90 Å². The number of nitrogens with zero attached hydrogens (tertiary/aromatic N) is 3. The van der Waals surface area contributed by atoms with E-state index >= 15 is 0 Å². The molecule has 1 fully saturated rings. The van der Waals surface area contributed by atoms with Gasteiger partial charge in [-0.1, -0.05) is 6.07 Å². The first-order chi connectivity index (χ1) is 11.5. The Morgan fingerprint density at radius 3 is 2.46 bits per heavy atom. The molecule has 3 rings (SSSR count). The molecule has 1 aromatic heterocycles. The summed E-state index contributed by atoms with van der Waals surface area (Å²) in [4.78, 5) is 6.67. The molecule has 1 saturated heterocycles. The fourth-order valence-electron chi connectivity index (χ4n) is 2.65. The van der Waals surface area contributed by atoms with E-state index in [1.807, 2.05) is 18.2 Å². The van der Waals surface area contributed by atoms with E-state index in [2.05, 4.69) is 25.8 Å². The van der Waals surface area contributed by atoms with Crippen LogP contribution in [0.15, 0.2) is 52.0 Å². The summed E-state index contributed by atoms with van der Waals surface area (Å²) in [5, 5.41) is 0. The van der Waals surface area contributed by atoms with E-state index in [0.717, 1.165) is 5.82 Å². The number of hydrogen-bond acceptors (Lipinski definition) is 5. The Hall–Kier alpha value is -1.64. The van der Waals surface area contributed by atoms with Gasteiger partial charge in [0.1, 0.15) is 11.6 Å². The normalized spacial score (nSPS) is 16.2. The summed E-state index contributed by atoms with van der Waals surface area (Å²) < 4.78 is 32.9. The minimum atomic E-state index is -3.51. The van der Waals surface area contributed by atoms with Crippen LogP contribution < -0.4 is 9.64 Å². The third-order valence-corrected chi connectivity index (χ3v) is 6.49. The van der Waals surface area contributed by atoms with Crippen molar-refractivity contribution in [3.63, 3.8) is 0 Å². The lowest BCUT2D eigenvalue weighted by atomic mass is 10.3. The summed E-state index contributed by atoms with van der Waals surface area (Å²) in [6.07, 6.45) is 1.74. The Morgan fingerprint density at radius 2 is 1.88 bits per heavy atom. The van der Waals surface area contributed by atoms with Crippen LogP contribution in [-0.2, 0) is 10.0 Å². The average molecular weight is 412 g/mol. The second-order valence-corrected chi connectivity index (χ2v) is 8.17. The van der Waals surface area contributed by atoms with Gasteiger partial charge in [0, 0.05) is 32.4 Å². The number of sulfonamides is 1. The van der Waals surface area contributed by atoms with Crippen molar-refractivity contribution >= 4 is 31.8 Å². The maximum absolute atomic E-state index is 12.8. The van der Waals surface area contributed by atoms with Gasteiger partial charge in [0.25, 0.3) is 0 Å². The van der Waals surface area contributed by atoms with Crippen molar-refractivity contribution in [3.8, 4) is 5.75 Å². The predicted octanol–water partition coefficient (Wildman–Crippen LogP) is 2.36. The number of hydrogen-bond donors (Lipinski definition) is 0. The van der Waals surface area contributed by atoms with Crippen LogP contribution in [-0.4, -0.2) is 51.0 Å². The highest BCUT2D eigenvalue weighted by Gasteiger charge is 2.29. The van der Waals surface area contributed by atoms with Gasteiger partial charge >= 0.3 is 0 Å². The predicted molar refractivity (Wildman–Crippen MR) is 95.9 cm³/mol. The molecule has 1 aliphatic heterocycles. The fourth-order valence-corrected chi connectivity index (χ4v) is 4.80. The van der Waals surface area contributed by atoms with Crippen molar-refractivity contribution in [2.24, 2.45) is 0 Å². The molecule has 0 atom stereocenters. The molecule has 0 N–H and O–H groups in total. The maximum atomic E-state index is 12.8. The van der Waals surface area contributed by atoms with Gasteiger partial charge in [-0.3, -0.25) is 0 Å². The molecular formula is C16H18BrN3O3S. The molecule has 128 valence electrons. The number of anilines is 1. The van der Waals surface area contributed by atoms with E-state index in [0.29, 0.717) is 36.4 Å². The Kier molecular flexibility index (Phi) is 5.07. The first-order valence-corrected chi connectivity index (χ1v) is 9.75. The van der Waals surface area contributed by atoms with E-state index in [1.165, 1.54) is 4.31 Å². The third-order valence-electron chi connectivity index (χ3n) is 3.97. The monoisotopic (exact) mass is 411 g/mol. The number of benzene rings is 1. The maximum Gasteiger partial charge on any atom is 0.243 e. The second-order valence-electron chi connectivity index (χ2n) is 5.38. The zero-order valence-electron chi connectivity index (χ0n) is 13.2. The van der Waals surface area contributed by atoms with E-state index in [9.17, 15) is 8.42 Å². The van der Waals surface area contributed by atoms with Crippen molar-refractivity contribution in [1.82, 2.24) is 9.29 Å². The van der Waals surface area contributed by atoms with Gasteiger partial charge in [0.2, 0.25) is 10.0 Å². The first kappa shape index (κ1) is 17.2. The molecule has 0 amide bonds. The van der Waals surface area contributed by atoms with Gasteiger partial charge in [-0.15, -0.1) is 0 Å². The quantitative estimate of drug-likeness (QED) is 0.772. The number of halogens is 1. The number of pyridine rings is 1. The summed E-state index contributed by atoms with van der Waals surface area (Å²) in [6, 6.07) is 10.5. The lowest BCUT2D eigenvalue weighted by molar-refractivity contribution is 0.383. The zero-order chi connectivity index (χ0) is 17.2. The molecule has 0 spiro atoms. The Balaban J connectivity index is 1.74. The molecular weight excluding hydrogens is 394 g/mol. The lowest BCUT2D eigenvalue weighted by Crippen LogP contribution is -2.48. The standard InChI is InChI=1S/C16H18BrN3O3S/c1-23-15-6-5-13(12-14(15)17)24(21,22)20-10-8-19(9-11-20)16-4-2-3-7-18-16/h2-7,12H,8-11H2,1H3. The van der Waals surface area contributed by atoms with Crippen molar-refractivity contribution in [3.05, 3.63) is 47.1 Å². The highest BCUT2D eigenvalue weighted by atomic mass is 79.9. The minimum Gasteiger partial charge on any atom is -0.496 e. The molecule has 2 heterocycles. The number of methoxy groups -OCH3 is 1. The number of aromatic nitrogens is 1. The van der Waals surface area contributed by atoms with Crippen LogP contribution in [0.5, 0.6) is 5.75 Å². The molecule has 6 nitrogen and oxygen atoms in total. The highest BCUT2D eigenvalue weighted by Crippen LogP contribution is 2.29. The van der Waals surface area contributed by atoms with E-state index in [4.69, 9.17) is 4.74 Å². The van der Waals surface area contributed by atoms with Crippen molar-refractivity contribution in [1.29, 1.82) is 0 Å². The summed E-state index contributed by atoms with van der Waals surface area (Å²) >= 11 is 3.34. The summed E-state index contributed by atoms with van der Waals surface area (Å²) in [5.41, 5.74) is 0. The van der Waals surface area contributed by atoms with Gasteiger partial charge in [-0.2, -0.15) is 4.31 Å². The van der Waals surface area contributed by atoms with Crippen LogP contribution in [0.25, 0.3) is 0 Å². The van der Waals surface area contributed by atoms with Crippen LogP contribution in [0.4, 0.5) is 5.82 Å². The Labute approximate surface area is 150 Å². The van der Waals surface area contributed by atoms with E-state index in [1.54, 1.807) is 31.5 Å². The van der Waals surface area contributed by atoms with Crippen LogP contribution >= 0.6 is 15.9 Å². The molecule has 0 aliphatic carbocycles. The average Bonchev–Trinajstić information content (AvgIpc) is 2.62. The summed E-state index contributed by atoms with van der Waals surface area (Å²) in [7, 11) is -1.97. The van der Waals surface area contributed by atoms with Crippen LogP contribution in [0, 0.1) is 0 Å². The van der Waals surface area contributed by atoms with Crippen LogP contribution in [0.3, 0.4) is 0 Å². The molecule has 0 unspecified atom stereocenters. The van der Waals surface area contributed by atoms with Crippen molar-refractivity contribution in [2.45, 2.75) is 4.90 Å². The zero-order valence-corrected chi connectivity index (χ0v) is 15.6. The largest absolute Gasteiger partial charge is 0.496 e. The van der Waals surface area contributed by atoms with Gasteiger partial charge in [0.05, 0.1) is 16.5 Å². The Bertz CT molecular complexity index is 807. The molecule has 8 heteroatoms. The first-order valence-electron chi connectivity index (χ1n) is 7.52. The topological polar surface area (TPSA) is 62.7 Å². The van der Waals surface area contributed by atoms with Crippen LogP contribution in [0.2, 0.25) is 0 Å². The molecule has 1 aliphatic rings. The molecule has 0 saturated carbocycles. The number of ether oxygens (including phenoxy) is 1. The third kappa shape index (κ3) is 3.40. The molecule has 0 bridgehead atoms. The Morgan fingerprint density at radius 1 is 1.12 bits per heavy atom. The summed E-state index contributed by atoms with van der Waals surface area (Å²) in [6.45, 7) is 2.10. The van der Waals surface area contributed by atoms with Crippen molar-refractivity contribution in [2.75, 3.05) is 38.2 Å². The van der Waals surface area contributed by atoms with Gasteiger partial charge in [-0.05, 0) is 46.3 Å². The summed E-state index contributed by atoms with van der Waals surface area (Å²) in [5.74, 6) is 1.48. The smallest absolute Gasteiger partial charge is 0.243 e. The second kappa shape index (κ2) is 7.08. The van der Waals surface area contributed by atoms with Crippen molar-refractivity contribution < 1.29 is 13.2 Å². The van der Waals surface area contributed by atoms with E-state index < -0.39 is 10.0 Å². The van der Waals surface area contributed by atoms with Crippen LogP contribution in [0.1, 0.15) is 0 Å². The molecule has 1 aromatic carbocycles. The SMILES string of the molecule is COc1ccc(S(=O)(=O)N2CCN(c3ccccn3)CC2)cc1Br. The lowest BCUT2D eigenvalue weighted by Gasteiger charge is -2.34. The molecule has 0 radical (unpaired) electrons. The fraction of sp³-hybridized carbons (Fsp3) is 0.312. The minimum absolute atomic E-state index is 0.265. The van der Waals surface area contributed by atoms with Gasteiger partial charge in [-0.25, -0.2) is 13.4 Å². The van der Waals surface area contributed by atoms with Gasteiger partial charge in [0.15, 0.2) is 0 Å². The van der Waals surface area contributed by atoms with Gasteiger partial charge < -0.3 is 9.64 Å². The number of piperazine rings is 1. The highest BCUT2D eigenvalue weighted by molar-refractivity contribution is 9.10. The molecule has 24 heavy (non-hydrogen) atoms. The number of rotatable bonds is 4.